The van der Waals surface area contributed by atoms with Gasteiger partial charge in [0.2, 0.25) is 0 Å². The van der Waals surface area contributed by atoms with Crippen molar-refractivity contribution >= 4 is 17.5 Å². The standard InChI is InChI=1S/C13H12N4O4/c1-8-11(17(20)21)4-5-12(16-8)15-7-9-2-3-10(13(18)19)14-6-9/h2-6H,7H2,1H3,(H,15,16)(H,18,19). The van der Waals surface area contributed by atoms with E-state index in [0.717, 1.165) is 5.56 Å². The molecule has 0 saturated heterocycles. The van der Waals surface area contributed by atoms with Gasteiger partial charge in [-0.2, -0.15) is 0 Å². The minimum atomic E-state index is -1.08. The summed E-state index contributed by atoms with van der Waals surface area (Å²) < 4.78 is 0. The van der Waals surface area contributed by atoms with Crippen molar-refractivity contribution in [1.29, 1.82) is 0 Å². The van der Waals surface area contributed by atoms with Gasteiger partial charge >= 0.3 is 5.97 Å². The summed E-state index contributed by atoms with van der Waals surface area (Å²) in [5.74, 6) is -0.581. The lowest BCUT2D eigenvalue weighted by molar-refractivity contribution is -0.385. The van der Waals surface area contributed by atoms with Gasteiger partial charge in [-0.15, -0.1) is 0 Å². The molecule has 2 aromatic rings. The predicted molar refractivity (Wildman–Crippen MR) is 74.2 cm³/mol. The van der Waals surface area contributed by atoms with Gasteiger partial charge in [-0.05, 0) is 24.6 Å². The van der Waals surface area contributed by atoms with Crippen LogP contribution in [0.3, 0.4) is 0 Å². The summed E-state index contributed by atoms with van der Waals surface area (Å²) in [6, 6.07) is 5.95. The first-order valence-corrected chi connectivity index (χ1v) is 6.01. The monoisotopic (exact) mass is 288 g/mol. The Morgan fingerprint density at radius 3 is 2.67 bits per heavy atom. The number of aromatic carboxylic acids is 1. The van der Waals surface area contributed by atoms with E-state index in [1.165, 1.54) is 24.4 Å². The van der Waals surface area contributed by atoms with Crippen LogP contribution in [0.5, 0.6) is 0 Å². The first kappa shape index (κ1) is 14.4. The number of pyridine rings is 2. The third-order valence-corrected chi connectivity index (χ3v) is 2.77. The number of hydrogen-bond donors (Lipinski definition) is 2. The van der Waals surface area contributed by atoms with Crippen molar-refractivity contribution in [2.24, 2.45) is 0 Å². The summed E-state index contributed by atoms with van der Waals surface area (Å²) in [7, 11) is 0. The van der Waals surface area contributed by atoms with E-state index in [4.69, 9.17) is 5.11 Å². The molecule has 0 spiro atoms. The lowest BCUT2D eigenvalue weighted by Gasteiger charge is -2.06. The average molecular weight is 288 g/mol. The second-order valence-corrected chi connectivity index (χ2v) is 4.27. The van der Waals surface area contributed by atoms with Crippen LogP contribution < -0.4 is 5.32 Å². The second kappa shape index (κ2) is 5.95. The quantitative estimate of drug-likeness (QED) is 0.638. The molecule has 0 unspecified atom stereocenters. The Morgan fingerprint density at radius 2 is 2.14 bits per heavy atom. The van der Waals surface area contributed by atoms with Crippen LogP contribution in [0.15, 0.2) is 30.5 Å². The molecule has 2 aromatic heterocycles. The van der Waals surface area contributed by atoms with Crippen LogP contribution in [0, 0.1) is 17.0 Å². The highest BCUT2D eigenvalue weighted by Crippen LogP contribution is 2.18. The fourth-order valence-electron chi connectivity index (χ4n) is 1.69. The normalized spacial score (nSPS) is 10.1. The molecule has 0 aliphatic rings. The van der Waals surface area contributed by atoms with Crippen molar-refractivity contribution in [2.75, 3.05) is 5.32 Å². The Labute approximate surface area is 119 Å². The number of aromatic nitrogens is 2. The molecule has 0 radical (unpaired) electrons. The first-order chi connectivity index (χ1) is 9.97. The highest BCUT2D eigenvalue weighted by atomic mass is 16.6. The maximum absolute atomic E-state index is 10.7. The van der Waals surface area contributed by atoms with Gasteiger partial charge in [0.05, 0.1) is 4.92 Å². The zero-order valence-electron chi connectivity index (χ0n) is 11.1. The van der Waals surface area contributed by atoms with Crippen LogP contribution in [-0.4, -0.2) is 26.0 Å². The zero-order valence-corrected chi connectivity index (χ0v) is 11.1. The predicted octanol–water partition coefficient (Wildman–Crippen LogP) is 2.00. The molecular weight excluding hydrogens is 276 g/mol. The van der Waals surface area contributed by atoms with E-state index in [9.17, 15) is 14.9 Å². The molecule has 8 nitrogen and oxygen atoms in total. The number of hydrogen-bond acceptors (Lipinski definition) is 6. The number of nitro groups is 1. The molecule has 0 aromatic carbocycles. The third kappa shape index (κ3) is 3.50. The van der Waals surface area contributed by atoms with E-state index in [2.05, 4.69) is 15.3 Å². The molecule has 0 fully saturated rings. The smallest absolute Gasteiger partial charge is 0.354 e. The Morgan fingerprint density at radius 1 is 1.38 bits per heavy atom. The summed E-state index contributed by atoms with van der Waals surface area (Å²) in [6.45, 7) is 1.95. The molecule has 8 heteroatoms. The lowest BCUT2D eigenvalue weighted by atomic mass is 10.2. The van der Waals surface area contributed by atoms with Crippen molar-refractivity contribution in [3.8, 4) is 0 Å². The van der Waals surface area contributed by atoms with Crippen LogP contribution in [0.2, 0.25) is 0 Å². The number of aryl methyl sites for hydroxylation is 1. The number of nitrogens with one attached hydrogen (secondary N) is 1. The largest absolute Gasteiger partial charge is 0.477 e. The first-order valence-electron chi connectivity index (χ1n) is 6.01. The number of anilines is 1. The van der Waals surface area contributed by atoms with Crippen molar-refractivity contribution in [2.45, 2.75) is 13.5 Å². The molecule has 0 aliphatic carbocycles. The van der Waals surface area contributed by atoms with Crippen LogP contribution >= 0.6 is 0 Å². The summed E-state index contributed by atoms with van der Waals surface area (Å²) >= 11 is 0. The summed E-state index contributed by atoms with van der Waals surface area (Å²) in [5.41, 5.74) is 1.04. The number of carboxylic acids is 1. The molecule has 2 N–H and O–H groups in total. The molecule has 0 bridgehead atoms. The summed E-state index contributed by atoms with van der Waals surface area (Å²) in [4.78, 5) is 28.8. The minimum absolute atomic E-state index is 0.0249. The topological polar surface area (TPSA) is 118 Å². The van der Waals surface area contributed by atoms with E-state index in [-0.39, 0.29) is 11.4 Å². The highest BCUT2D eigenvalue weighted by Gasteiger charge is 2.11. The molecule has 0 aliphatic heterocycles. The minimum Gasteiger partial charge on any atom is -0.477 e. The highest BCUT2D eigenvalue weighted by molar-refractivity contribution is 5.85. The number of rotatable bonds is 5. The van der Waals surface area contributed by atoms with Crippen molar-refractivity contribution in [1.82, 2.24) is 9.97 Å². The number of carboxylic acid groups (broad SMARTS) is 1. The molecule has 108 valence electrons. The van der Waals surface area contributed by atoms with Gasteiger partial charge in [-0.1, -0.05) is 6.07 Å². The van der Waals surface area contributed by atoms with Crippen LogP contribution in [-0.2, 0) is 6.54 Å². The van der Waals surface area contributed by atoms with Gasteiger partial charge in [0.25, 0.3) is 5.69 Å². The fraction of sp³-hybridized carbons (Fsp3) is 0.154. The lowest BCUT2D eigenvalue weighted by Crippen LogP contribution is -2.05. The molecule has 21 heavy (non-hydrogen) atoms. The Hall–Kier alpha value is -3.03. The molecule has 2 rings (SSSR count). The van der Waals surface area contributed by atoms with E-state index < -0.39 is 10.9 Å². The SMILES string of the molecule is Cc1nc(NCc2ccc(C(=O)O)nc2)ccc1[N+](=O)[O-]. The maximum atomic E-state index is 10.7. The van der Waals surface area contributed by atoms with Gasteiger partial charge in [-0.3, -0.25) is 10.1 Å². The van der Waals surface area contributed by atoms with Gasteiger partial charge in [0.1, 0.15) is 17.2 Å². The van der Waals surface area contributed by atoms with Gasteiger partial charge in [-0.25, -0.2) is 14.8 Å². The van der Waals surface area contributed by atoms with E-state index in [1.54, 1.807) is 13.0 Å². The zero-order chi connectivity index (χ0) is 15.4. The van der Waals surface area contributed by atoms with Crippen molar-refractivity contribution in [3.63, 3.8) is 0 Å². The van der Waals surface area contributed by atoms with E-state index >= 15 is 0 Å². The second-order valence-electron chi connectivity index (χ2n) is 4.27. The molecule has 2 heterocycles. The molecule has 0 amide bonds. The van der Waals surface area contributed by atoms with Crippen molar-refractivity contribution < 1.29 is 14.8 Å². The summed E-state index contributed by atoms with van der Waals surface area (Å²) in [6.07, 6.45) is 1.45. The van der Waals surface area contributed by atoms with Crippen LogP contribution in [0.1, 0.15) is 21.7 Å². The van der Waals surface area contributed by atoms with Crippen molar-refractivity contribution in [3.05, 3.63) is 57.5 Å². The van der Waals surface area contributed by atoms with Crippen LogP contribution in [0.4, 0.5) is 11.5 Å². The fourth-order valence-corrected chi connectivity index (χ4v) is 1.69. The molecule has 0 atom stereocenters. The number of nitrogens with zero attached hydrogens (tertiary/aromatic N) is 3. The number of carbonyl (C=O) groups is 1. The van der Waals surface area contributed by atoms with Gasteiger partial charge in [0, 0.05) is 18.8 Å². The Bertz CT molecular complexity index is 685. The van der Waals surface area contributed by atoms with E-state index in [1.807, 2.05) is 0 Å². The van der Waals surface area contributed by atoms with Gasteiger partial charge in [0.15, 0.2) is 0 Å². The molecule has 0 saturated carbocycles. The average Bonchev–Trinajstić information content (AvgIpc) is 2.45. The van der Waals surface area contributed by atoms with Gasteiger partial charge < -0.3 is 10.4 Å². The Kier molecular flexibility index (Phi) is 4.07. The maximum Gasteiger partial charge on any atom is 0.354 e. The molecular formula is C13H12N4O4. The van der Waals surface area contributed by atoms with Crippen LogP contribution in [0.25, 0.3) is 0 Å². The van der Waals surface area contributed by atoms with E-state index in [0.29, 0.717) is 18.1 Å². The summed E-state index contributed by atoms with van der Waals surface area (Å²) in [5, 5.41) is 22.4. The Balaban J connectivity index is 2.04. The third-order valence-electron chi connectivity index (χ3n) is 2.77.